The molecule has 2 fully saturated rings. The third-order valence-electron chi connectivity index (χ3n) is 5.04. The maximum atomic E-state index is 12.6. The van der Waals surface area contributed by atoms with E-state index in [0.29, 0.717) is 11.0 Å². The molecule has 2 saturated heterocycles. The molecule has 0 saturated carbocycles. The van der Waals surface area contributed by atoms with Gasteiger partial charge in [0.15, 0.2) is 5.13 Å². The molecule has 2 amide bonds. The van der Waals surface area contributed by atoms with Gasteiger partial charge in [-0.3, -0.25) is 5.32 Å². The molecule has 1 N–H and O–H groups in total. The molecule has 0 unspecified atom stereocenters. The largest absolute Gasteiger partial charge is 0.324 e. The molecule has 2 aliphatic rings. The second kappa shape index (κ2) is 5.14. The summed E-state index contributed by atoms with van der Waals surface area (Å²) in [5.74, 6) is 0.568. The summed E-state index contributed by atoms with van der Waals surface area (Å²) in [6.07, 6.45) is 0. The molecular weight excluding hydrogens is 310 g/mol. The van der Waals surface area contributed by atoms with E-state index in [4.69, 9.17) is 0 Å². The molecule has 4 heterocycles. The van der Waals surface area contributed by atoms with Gasteiger partial charge in [-0.15, -0.1) is 0 Å². The number of amides is 2. The van der Waals surface area contributed by atoms with Crippen molar-refractivity contribution in [3.63, 3.8) is 0 Å². The minimum atomic E-state index is -0.0425. The Morgan fingerprint density at radius 1 is 1.35 bits per heavy atom. The second-order valence-electron chi connectivity index (χ2n) is 7.15. The smallest absolute Gasteiger partial charge is 0.323 e. The van der Waals surface area contributed by atoms with Crippen molar-refractivity contribution in [2.24, 2.45) is 11.3 Å². The molecule has 0 aromatic carbocycles. The lowest BCUT2D eigenvalue weighted by Crippen LogP contribution is -2.37. The minimum absolute atomic E-state index is 0.0425. The number of thiazole rings is 1. The molecule has 0 radical (unpaired) electrons. The number of anilines is 1. The number of aromatic nitrogens is 2. The van der Waals surface area contributed by atoms with E-state index in [2.05, 4.69) is 34.2 Å². The van der Waals surface area contributed by atoms with Crippen LogP contribution < -0.4 is 5.32 Å². The van der Waals surface area contributed by atoms with Gasteiger partial charge < -0.3 is 9.80 Å². The first kappa shape index (κ1) is 14.8. The predicted octanol–water partition coefficient (Wildman–Crippen LogP) is 2.42. The van der Waals surface area contributed by atoms with Crippen molar-refractivity contribution in [2.75, 3.05) is 38.5 Å². The predicted molar refractivity (Wildman–Crippen MR) is 91.8 cm³/mol. The number of likely N-dealkylation sites (tertiary alicyclic amines) is 2. The Labute approximate surface area is 139 Å². The van der Waals surface area contributed by atoms with Crippen LogP contribution in [0.4, 0.5) is 9.93 Å². The first-order valence-electron chi connectivity index (χ1n) is 7.92. The summed E-state index contributed by atoms with van der Waals surface area (Å²) in [6, 6.07) is 3.84. The fourth-order valence-corrected chi connectivity index (χ4v) is 4.79. The van der Waals surface area contributed by atoms with Crippen LogP contribution in [0.3, 0.4) is 0 Å². The Bertz CT molecular complexity index is 775. The van der Waals surface area contributed by atoms with E-state index in [1.54, 1.807) is 0 Å². The number of carbonyl (C=O) groups excluding carboxylic acids is 1. The van der Waals surface area contributed by atoms with Crippen LogP contribution in [-0.4, -0.2) is 59.0 Å². The Balaban J connectivity index is 1.48. The van der Waals surface area contributed by atoms with Gasteiger partial charge in [0.05, 0.1) is 0 Å². The molecule has 2 aromatic rings. The lowest BCUT2D eigenvalue weighted by molar-refractivity contribution is 0.209. The third kappa shape index (κ3) is 2.57. The van der Waals surface area contributed by atoms with Gasteiger partial charge in [-0.25, -0.2) is 14.8 Å². The van der Waals surface area contributed by atoms with Crippen LogP contribution in [0.2, 0.25) is 0 Å². The molecule has 0 bridgehead atoms. The average Bonchev–Trinajstić information content (AvgIpc) is 3.06. The second-order valence-corrected chi connectivity index (χ2v) is 8.13. The zero-order valence-corrected chi connectivity index (χ0v) is 14.5. The number of pyridine rings is 1. The van der Waals surface area contributed by atoms with E-state index < -0.39 is 0 Å². The number of nitrogens with zero attached hydrogens (tertiary/aromatic N) is 4. The first-order chi connectivity index (χ1) is 10.9. The number of aryl methyl sites for hydroxylation is 1. The van der Waals surface area contributed by atoms with Gasteiger partial charge in [-0.1, -0.05) is 18.3 Å². The van der Waals surface area contributed by atoms with Crippen molar-refractivity contribution in [1.29, 1.82) is 0 Å². The minimum Gasteiger partial charge on any atom is -0.324 e. The first-order valence-corrected chi connectivity index (χ1v) is 8.73. The van der Waals surface area contributed by atoms with Gasteiger partial charge in [0.1, 0.15) is 10.3 Å². The van der Waals surface area contributed by atoms with Crippen LogP contribution in [0.15, 0.2) is 12.1 Å². The van der Waals surface area contributed by atoms with Crippen LogP contribution in [-0.2, 0) is 0 Å². The van der Waals surface area contributed by atoms with Crippen LogP contribution >= 0.6 is 11.3 Å². The number of fused-ring (bicyclic) bond motifs is 2. The number of rotatable bonds is 1. The van der Waals surface area contributed by atoms with E-state index in [9.17, 15) is 4.79 Å². The lowest BCUT2D eigenvalue weighted by atomic mass is 9.83. The average molecular weight is 331 g/mol. The highest BCUT2D eigenvalue weighted by Crippen LogP contribution is 2.41. The molecule has 2 aliphatic heterocycles. The van der Waals surface area contributed by atoms with Crippen LogP contribution in [0.5, 0.6) is 0 Å². The number of hydrogen-bond donors (Lipinski definition) is 1. The Hall–Kier alpha value is -1.73. The van der Waals surface area contributed by atoms with Gasteiger partial charge in [-0.2, -0.15) is 0 Å². The summed E-state index contributed by atoms with van der Waals surface area (Å²) in [7, 11) is 2.16. The quantitative estimate of drug-likeness (QED) is 0.872. The number of urea groups is 1. The molecule has 23 heavy (non-hydrogen) atoms. The normalized spacial score (nSPS) is 27.6. The zero-order chi connectivity index (χ0) is 16.2. The van der Waals surface area contributed by atoms with E-state index in [-0.39, 0.29) is 11.4 Å². The maximum absolute atomic E-state index is 12.6. The number of nitrogens with one attached hydrogen (secondary N) is 1. The summed E-state index contributed by atoms with van der Waals surface area (Å²) >= 11 is 1.43. The highest BCUT2D eigenvalue weighted by molar-refractivity contribution is 7.21. The fourth-order valence-electron chi connectivity index (χ4n) is 3.92. The molecule has 7 heteroatoms. The summed E-state index contributed by atoms with van der Waals surface area (Å²) in [5, 5.41) is 3.58. The Morgan fingerprint density at radius 2 is 2.17 bits per heavy atom. The van der Waals surface area contributed by atoms with Crippen LogP contribution in [0.25, 0.3) is 10.3 Å². The summed E-state index contributed by atoms with van der Waals surface area (Å²) in [4.78, 5) is 26.6. The lowest BCUT2D eigenvalue weighted by Gasteiger charge is -2.23. The molecule has 4 rings (SSSR count). The van der Waals surface area contributed by atoms with E-state index in [0.717, 1.165) is 42.2 Å². The van der Waals surface area contributed by atoms with Crippen LogP contribution in [0, 0.1) is 18.3 Å². The third-order valence-corrected chi connectivity index (χ3v) is 5.92. The van der Waals surface area contributed by atoms with E-state index in [1.807, 2.05) is 24.0 Å². The van der Waals surface area contributed by atoms with Gasteiger partial charge >= 0.3 is 6.03 Å². The Kier molecular flexibility index (Phi) is 3.32. The highest BCUT2D eigenvalue weighted by Gasteiger charge is 2.49. The summed E-state index contributed by atoms with van der Waals surface area (Å²) in [5.41, 5.74) is 2.02. The van der Waals surface area contributed by atoms with E-state index in [1.165, 1.54) is 11.3 Å². The topological polar surface area (TPSA) is 61.4 Å². The Morgan fingerprint density at radius 3 is 2.96 bits per heavy atom. The van der Waals surface area contributed by atoms with Crippen molar-refractivity contribution < 1.29 is 4.79 Å². The van der Waals surface area contributed by atoms with Crippen LogP contribution in [0.1, 0.15) is 12.6 Å². The summed E-state index contributed by atoms with van der Waals surface area (Å²) in [6.45, 7) is 8.03. The fraction of sp³-hybridized carbons (Fsp3) is 0.562. The maximum Gasteiger partial charge on any atom is 0.323 e. The molecular formula is C16H21N5OS. The molecule has 6 nitrogen and oxygen atoms in total. The van der Waals surface area contributed by atoms with E-state index >= 15 is 0 Å². The standard InChI is InChI=1S/C16H21N5OS/c1-10-4-5-12-13(17-10)23-14(18-12)19-15(22)21-7-11-6-20(3)8-16(11,2)9-21/h4-5,11H,6-9H2,1-3H3,(H,18,19,22)/t11-,16+/m1/s1. The number of carbonyl (C=O) groups is 1. The molecule has 0 aliphatic carbocycles. The van der Waals surface area contributed by atoms with Gasteiger partial charge in [0.25, 0.3) is 0 Å². The highest BCUT2D eigenvalue weighted by atomic mass is 32.1. The monoisotopic (exact) mass is 331 g/mol. The molecule has 2 atom stereocenters. The van der Waals surface area contributed by atoms with Gasteiger partial charge in [-0.05, 0) is 32.0 Å². The molecule has 2 aromatic heterocycles. The van der Waals surface area contributed by atoms with Crippen molar-refractivity contribution in [2.45, 2.75) is 13.8 Å². The number of hydrogen-bond acceptors (Lipinski definition) is 5. The zero-order valence-electron chi connectivity index (χ0n) is 13.7. The van der Waals surface area contributed by atoms with Crippen molar-refractivity contribution in [3.05, 3.63) is 17.8 Å². The molecule has 0 spiro atoms. The van der Waals surface area contributed by atoms with Crippen molar-refractivity contribution in [3.8, 4) is 0 Å². The SMILES string of the molecule is Cc1ccc2nc(NC(=O)N3C[C@H]4CN(C)C[C@@]4(C)C3)sc2n1. The van der Waals surface area contributed by atoms with Gasteiger partial charge in [0.2, 0.25) is 0 Å². The van der Waals surface area contributed by atoms with Crippen molar-refractivity contribution >= 4 is 32.8 Å². The van der Waals surface area contributed by atoms with Crippen molar-refractivity contribution in [1.82, 2.24) is 19.8 Å². The summed E-state index contributed by atoms with van der Waals surface area (Å²) < 4.78 is 0. The molecule has 122 valence electrons. The van der Waals surface area contributed by atoms with Gasteiger partial charge in [0, 0.05) is 37.3 Å².